The molecular formula is C22H33BrN2S2. The van der Waals surface area contributed by atoms with Crippen molar-refractivity contribution in [1.82, 2.24) is 4.57 Å². The van der Waals surface area contributed by atoms with E-state index in [1.54, 1.807) is 0 Å². The summed E-state index contributed by atoms with van der Waals surface area (Å²) in [5.74, 6) is 0. The average Bonchev–Trinajstić information content (AvgIpc) is 3.03. The van der Waals surface area contributed by atoms with Crippen LogP contribution in [-0.4, -0.2) is 17.4 Å². The van der Waals surface area contributed by atoms with E-state index in [0.717, 1.165) is 13.1 Å². The number of aromatic nitrogens is 1. The van der Waals surface area contributed by atoms with Gasteiger partial charge in [0.2, 0.25) is 0 Å². The fraction of sp³-hybridized carbons (Fsp3) is 0.591. The third kappa shape index (κ3) is 4.91. The van der Waals surface area contributed by atoms with Gasteiger partial charge >= 0.3 is 0 Å². The fourth-order valence-electron chi connectivity index (χ4n) is 3.83. The molecule has 0 bridgehead atoms. The topological polar surface area (TPSA) is 17.3 Å². The van der Waals surface area contributed by atoms with Crippen LogP contribution in [0.15, 0.2) is 39.5 Å². The Hall–Kier alpha value is -0.520. The van der Waals surface area contributed by atoms with Crippen molar-refractivity contribution in [3.05, 3.63) is 45.7 Å². The fourth-order valence-corrected chi connectivity index (χ4v) is 5.29. The molecule has 1 heterocycles. The summed E-state index contributed by atoms with van der Waals surface area (Å²) in [4.78, 5) is 7.52. The van der Waals surface area contributed by atoms with Crippen molar-refractivity contribution in [1.29, 1.82) is 0 Å². The molecule has 0 N–H and O–H groups in total. The van der Waals surface area contributed by atoms with Gasteiger partial charge in [0.25, 0.3) is 0 Å². The molecule has 0 spiro atoms. The molecule has 0 radical (unpaired) electrons. The molecule has 0 saturated heterocycles. The molecule has 3 rings (SSSR count). The number of rotatable bonds is 9. The van der Waals surface area contributed by atoms with E-state index in [0.29, 0.717) is 0 Å². The monoisotopic (exact) mass is 468 g/mol. The minimum absolute atomic E-state index is 0. The third-order valence-electron chi connectivity index (χ3n) is 5.63. The Morgan fingerprint density at radius 1 is 1.11 bits per heavy atom. The van der Waals surface area contributed by atoms with Gasteiger partial charge in [-0.3, -0.25) is 4.99 Å². The molecule has 0 aliphatic heterocycles. The molecule has 27 heavy (non-hydrogen) atoms. The quantitative estimate of drug-likeness (QED) is 0.291. The van der Waals surface area contributed by atoms with Crippen molar-refractivity contribution >= 4 is 40.1 Å². The summed E-state index contributed by atoms with van der Waals surface area (Å²) >= 11 is 3.67. The molecule has 1 aliphatic carbocycles. The van der Waals surface area contributed by atoms with E-state index in [1.807, 2.05) is 23.1 Å². The molecule has 0 atom stereocenters. The number of thiazole rings is 1. The van der Waals surface area contributed by atoms with Gasteiger partial charge in [0.1, 0.15) is 0 Å². The van der Waals surface area contributed by atoms with Crippen LogP contribution in [0.5, 0.6) is 0 Å². The van der Waals surface area contributed by atoms with E-state index in [-0.39, 0.29) is 22.4 Å². The van der Waals surface area contributed by atoms with E-state index in [4.69, 9.17) is 4.99 Å². The van der Waals surface area contributed by atoms with Crippen molar-refractivity contribution < 1.29 is 0 Å². The van der Waals surface area contributed by atoms with Gasteiger partial charge in [-0.1, -0.05) is 45.2 Å². The Balaban J connectivity index is 0.00000261. The Morgan fingerprint density at radius 2 is 1.81 bits per heavy atom. The summed E-state index contributed by atoms with van der Waals surface area (Å²) in [6.45, 7) is 6.58. The molecule has 1 aliphatic rings. The van der Waals surface area contributed by atoms with E-state index < -0.39 is 0 Å². The zero-order chi connectivity index (χ0) is 18.4. The minimum atomic E-state index is 0. The molecule has 0 unspecified atom stereocenters. The number of hydrogen-bond donors (Lipinski definition) is 0. The van der Waals surface area contributed by atoms with Gasteiger partial charge in [-0.2, -0.15) is 0 Å². The molecule has 1 aromatic heterocycles. The van der Waals surface area contributed by atoms with Gasteiger partial charge in [-0.25, -0.2) is 0 Å². The zero-order valence-electron chi connectivity index (χ0n) is 16.9. The molecular weight excluding hydrogens is 436 g/mol. The second-order valence-corrected chi connectivity index (χ2v) is 9.02. The highest BCUT2D eigenvalue weighted by Crippen LogP contribution is 2.49. The number of halogens is 1. The number of hydrogen-bond acceptors (Lipinski definition) is 3. The Kier molecular flexibility index (Phi) is 9.17. The Labute approximate surface area is 183 Å². The molecule has 5 heteroatoms. The lowest BCUT2D eigenvalue weighted by atomic mass is 9.62. The van der Waals surface area contributed by atoms with Gasteiger partial charge in [0.05, 0.1) is 0 Å². The number of benzene rings is 1. The van der Waals surface area contributed by atoms with Crippen LogP contribution in [0.3, 0.4) is 0 Å². The highest BCUT2D eigenvalue weighted by molar-refractivity contribution is 8.93. The first kappa shape index (κ1) is 22.8. The van der Waals surface area contributed by atoms with Crippen molar-refractivity contribution in [3.8, 4) is 0 Å². The van der Waals surface area contributed by atoms with Gasteiger partial charge in [0, 0.05) is 34.5 Å². The van der Waals surface area contributed by atoms with E-state index in [2.05, 4.69) is 54.3 Å². The minimum Gasteiger partial charge on any atom is -0.320 e. The maximum atomic E-state index is 4.94. The summed E-state index contributed by atoms with van der Waals surface area (Å²) in [6, 6.07) is 9.30. The lowest BCUT2D eigenvalue weighted by Gasteiger charge is -2.43. The summed E-state index contributed by atoms with van der Waals surface area (Å²) in [7, 11) is 0. The normalized spacial score (nSPS) is 16.0. The predicted octanol–water partition coefficient (Wildman–Crippen LogP) is 6.82. The third-order valence-corrected chi connectivity index (χ3v) is 7.28. The van der Waals surface area contributed by atoms with E-state index in [1.165, 1.54) is 65.9 Å². The Morgan fingerprint density at radius 3 is 2.37 bits per heavy atom. The second-order valence-electron chi connectivity index (χ2n) is 7.31. The van der Waals surface area contributed by atoms with Crippen LogP contribution in [-0.2, 0) is 12.0 Å². The molecule has 2 aromatic rings. The van der Waals surface area contributed by atoms with Gasteiger partial charge in [0.15, 0.2) is 4.80 Å². The Bertz CT molecular complexity index is 757. The van der Waals surface area contributed by atoms with Crippen LogP contribution >= 0.6 is 40.1 Å². The molecule has 1 aromatic carbocycles. The lowest BCUT2D eigenvalue weighted by Crippen LogP contribution is -2.39. The average molecular weight is 470 g/mol. The van der Waals surface area contributed by atoms with Crippen LogP contribution in [0.4, 0.5) is 0 Å². The largest absolute Gasteiger partial charge is 0.320 e. The highest BCUT2D eigenvalue weighted by atomic mass is 79.9. The number of unbranched alkanes of at least 4 members (excludes halogenated alkanes) is 2. The zero-order valence-corrected chi connectivity index (χ0v) is 20.2. The SMILES string of the molecule is Br.CCCCN=c1scc(C2(c3ccc(SC)cc3)CCC2)n1CCCC. The van der Waals surface area contributed by atoms with Crippen molar-refractivity contribution in [2.24, 2.45) is 4.99 Å². The standard InChI is InChI=1S/C22H32N2S2.BrH/c1-4-6-15-23-21-24(16-7-5-2)20(17-26-21)22(13-8-14-22)18-9-11-19(25-3)12-10-18;/h9-12,17H,4-8,13-16H2,1-3H3;1H. The summed E-state index contributed by atoms with van der Waals surface area (Å²) < 4.78 is 2.55. The summed E-state index contributed by atoms with van der Waals surface area (Å²) in [6.07, 6.45) is 10.9. The van der Waals surface area contributed by atoms with Gasteiger partial charge in [-0.05, 0) is 49.6 Å². The first-order chi connectivity index (χ1) is 12.7. The van der Waals surface area contributed by atoms with Crippen LogP contribution in [0, 0.1) is 0 Å². The molecule has 2 nitrogen and oxygen atoms in total. The second kappa shape index (κ2) is 10.9. The molecule has 1 fully saturated rings. The van der Waals surface area contributed by atoms with Crippen molar-refractivity contribution in [2.75, 3.05) is 12.8 Å². The summed E-state index contributed by atoms with van der Waals surface area (Å²) in [5, 5.41) is 2.40. The van der Waals surface area contributed by atoms with E-state index in [9.17, 15) is 0 Å². The maximum absolute atomic E-state index is 4.94. The van der Waals surface area contributed by atoms with Gasteiger partial charge in [-0.15, -0.1) is 40.1 Å². The predicted molar refractivity (Wildman–Crippen MR) is 126 cm³/mol. The van der Waals surface area contributed by atoms with Crippen molar-refractivity contribution in [3.63, 3.8) is 0 Å². The van der Waals surface area contributed by atoms with Crippen LogP contribution in [0.2, 0.25) is 0 Å². The number of thioether (sulfide) groups is 1. The molecule has 150 valence electrons. The first-order valence-electron chi connectivity index (χ1n) is 10.1. The number of nitrogens with zero attached hydrogens (tertiary/aromatic N) is 2. The molecule has 0 amide bonds. The van der Waals surface area contributed by atoms with E-state index >= 15 is 0 Å². The molecule has 1 saturated carbocycles. The van der Waals surface area contributed by atoms with Crippen LogP contribution in [0.25, 0.3) is 0 Å². The highest BCUT2D eigenvalue weighted by Gasteiger charge is 2.42. The first-order valence-corrected chi connectivity index (χ1v) is 12.2. The smallest absolute Gasteiger partial charge is 0.184 e. The van der Waals surface area contributed by atoms with Gasteiger partial charge < -0.3 is 4.57 Å². The maximum Gasteiger partial charge on any atom is 0.184 e. The summed E-state index contributed by atoms with van der Waals surface area (Å²) in [5.41, 5.74) is 3.21. The van der Waals surface area contributed by atoms with Crippen LogP contribution < -0.4 is 4.80 Å². The lowest BCUT2D eigenvalue weighted by molar-refractivity contribution is 0.281. The van der Waals surface area contributed by atoms with Crippen LogP contribution in [0.1, 0.15) is 70.1 Å². The van der Waals surface area contributed by atoms with Crippen molar-refractivity contribution in [2.45, 2.75) is 75.6 Å².